The van der Waals surface area contributed by atoms with E-state index in [1.807, 2.05) is 25.2 Å². The molecule has 0 spiro atoms. The monoisotopic (exact) mass is 244 g/mol. The fourth-order valence-corrected chi connectivity index (χ4v) is 2.18. The highest BCUT2D eigenvalue weighted by Crippen LogP contribution is 2.20. The van der Waals surface area contributed by atoms with Crippen molar-refractivity contribution in [1.29, 1.82) is 0 Å². The first-order chi connectivity index (χ1) is 8.61. The Hall–Kier alpha value is -1.61. The number of aryl methyl sites for hydroxylation is 3. The zero-order valence-electron chi connectivity index (χ0n) is 11.2. The third-order valence-electron chi connectivity index (χ3n) is 3.34. The number of aliphatic hydroxyl groups excluding tert-OH is 1. The summed E-state index contributed by atoms with van der Waals surface area (Å²) in [6.45, 7) is 4.14. The first-order valence-corrected chi connectivity index (χ1v) is 6.37. The maximum Gasteiger partial charge on any atom is 0.0996 e. The highest BCUT2D eigenvalue weighted by Gasteiger charge is 2.15. The number of nitrogens with zero attached hydrogens (tertiary/aromatic N) is 2. The van der Waals surface area contributed by atoms with Crippen LogP contribution in [0.5, 0.6) is 0 Å². The standard InChI is InChI=1S/C15H20N2O/c1-4-13-10-14(17(3)16-13)15(18)9-12-8-6-5-7-11(12)2/h5-8,10,15,18H,4,9H2,1-3H3. The van der Waals surface area contributed by atoms with Crippen molar-refractivity contribution in [3.63, 3.8) is 0 Å². The fraction of sp³-hybridized carbons (Fsp3) is 0.400. The largest absolute Gasteiger partial charge is 0.386 e. The van der Waals surface area contributed by atoms with Gasteiger partial charge in [0, 0.05) is 13.5 Å². The van der Waals surface area contributed by atoms with Crippen molar-refractivity contribution in [2.45, 2.75) is 32.8 Å². The fourth-order valence-electron chi connectivity index (χ4n) is 2.18. The van der Waals surface area contributed by atoms with Gasteiger partial charge >= 0.3 is 0 Å². The van der Waals surface area contributed by atoms with Crippen molar-refractivity contribution in [3.8, 4) is 0 Å². The molecule has 1 aromatic carbocycles. The minimum Gasteiger partial charge on any atom is -0.386 e. The molecule has 3 nitrogen and oxygen atoms in total. The molecule has 1 N–H and O–H groups in total. The zero-order valence-corrected chi connectivity index (χ0v) is 11.2. The van der Waals surface area contributed by atoms with E-state index in [0.29, 0.717) is 6.42 Å². The van der Waals surface area contributed by atoms with Crippen molar-refractivity contribution in [1.82, 2.24) is 9.78 Å². The summed E-state index contributed by atoms with van der Waals surface area (Å²) < 4.78 is 1.78. The molecule has 0 bridgehead atoms. The number of hydrogen-bond acceptors (Lipinski definition) is 2. The molecule has 1 unspecified atom stereocenters. The average Bonchev–Trinajstić information content (AvgIpc) is 2.73. The lowest BCUT2D eigenvalue weighted by atomic mass is 10.0. The Morgan fingerprint density at radius 3 is 2.67 bits per heavy atom. The van der Waals surface area contributed by atoms with Gasteiger partial charge in [0.25, 0.3) is 0 Å². The van der Waals surface area contributed by atoms with Gasteiger partial charge in [-0.2, -0.15) is 5.10 Å². The van der Waals surface area contributed by atoms with E-state index in [2.05, 4.69) is 31.1 Å². The van der Waals surface area contributed by atoms with Crippen LogP contribution in [0.3, 0.4) is 0 Å². The molecule has 1 atom stereocenters. The molecule has 0 fully saturated rings. The van der Waals surface area contributed by atoms with Crippen molar-refractivity contribution < 1.29 is 5.11 Å². The topological polar surface area (TPSA) is 38.0 Å². The van der Waals surface area contributed by atoms with E-state index < -0.39 is 6.10 Å². The van der Waals surface area contributed by atoms with Gasteiger partial charge in [0.15, 0.2) is 0 Å². The highest BCUT2D eigenvalue weighted by molar-refractivity contribution is 5.27. The van der Waals surface area contributed by atoms with Crippen molar-refractivity contribution in [2.75, 3.05) is 0 Å². The molecule has 0 saturated heterocycles. The second-order valence-corrected chi connectivity index (χ2v) is 4.68. The molecule has 18 heavy (non-hydrogen) atoms. The van der Waals surface area contributed by atoms with E-state index in [4.69, 9.17) is 0 Å². The van der Waals surface area contributed by atoms with E-state index in [-0.39, 0.29) is 0 Å². The minimum atomic E-state index is -0.496. The molecule has 0 aliphatic rings. The van der Waals surface area contributed by atoms with Crippen LogP contribution in [0.2, 0.25) is 0 Å². The van der Waals surface area contributed by atoms with Gasteiger partial charge in [-0.25, -0.2) is 0 Å². The molecule has 0 radical (unpaired) electrons. The predicted molar refractivity (Wildman–Crippen MR) is 72.4 cm³/mol. The lowest BCUT2D eigenvalue weighted by molar-refractivity contribution is 0.168. The van der Waals surface area contributed by atoms with Crippen LogP contribution in [0.1, 0.15) is 35.5 Å². The SMILES string of the molecule is CCc1cc(C(O)Cc2ccccc2C)n(C)n1. The van der Waals surface area contributed by atoms with Gasteiger partial charge in [-0.05, 0) is 30.5 Å². The Morgan fingerprint density at radius 2 is 2.06 bits per heavy atom. The Kier molecular flexibility index (Phi) is 3.82. The Labute approximate surface area is 108 Å². The first kappa shape index (κ1) is 12.8. The quantitative estimate of drug-likeness (QED) is 0.897. The van der Waals surface area contributed by atoms with Gasteiger partial charge < -0.3 is 5.11 Å². The average molecular weight is 244 g/mol. The van der Waals surface area contributed by atoms with Crippen LogP contribution in [0.15, 0.2) is 30.3 Å². The molecule has 2 aromatic rings. The van der Waals surface area contributed by atoms with Gasteiger partial charge in [0.1, 0.15) is 0 Å². The van der Waals surface area contributed by atoms with Crippen molar-refractivity contribution in [3.05, 3.63) is 52.8 Å². The van der Waals surface area contributed by atoms with Crippen LogP contribution in [-0.4, -0.2) is 14.9 Å². The van der Waals surface area contributed by atoms with E-state index in [0.717, 1.165) is 17.8 Å². The maximum atomic E-state index is 10.3. The number of hydrogen-bond donors (Lipinski definition) is 1. The number of aliphatic hydroxyl groups is 1. The first-order valence-electron chi connectivity index (χ1n) is 6.37. The van der Waals surface area contributed by atoms with E-state index in [9.17, 15) is 5.11 Å². The molecule has 2 rings (SSSR count). The number of benzene rings is 1. The summed E-state index contributed by atoms with van der Waals surface area (Å²) >= 11 is 0. The van der Waals surface area contributed by atoms with Crippen LogP contribution >= 0.6 is 0 Å². The normalized spacial score (nSPS) is 12.7. The summed E-state index contributed by atoms with van der Waals surface area (Å²) in [6.07, 6.45) is 1.03. The van der Waals surface area contributed by atoms with Crippen LogP contribution in [0.4, 0.5) is 0 Å². The smallest absolute Gasteiger partial charge is 0.0996 e. The Balaban J connectivity index is 2.19. The molecule has 0 aliphatic heterocycles. The molecule has 96 valence electrons. The molecule has 0 aliphatic carbocycles. The molecule has 1 heterocycles. The van der Waals surface area contributed by atoms with Gasteiger partial charge in [0.05, 0.1) is 17.5 Å². The van der Waals surface area contributed by atoms with Crippen molar-refractivity contribution in [2.24, 2.45) is 7.05 Å². The summed E-state index contributed by atoms with van der Waals surface area (Å²) in [4.78, 5) is 0. The van der Waals surface area contributed by atoms with E-state index in [1.54, 1.807) is 4.68 Å². The van der Waals surface area contributed by atoms with Crippen LogP contribution < -0.4 is 0 Å². The third-order valence-corrected chi connectivity index (χ3v) is 3.34. The molecule has 0 saturated carbocycles. The molecular weight excluding hydrogens is 224 g/mol. The second kappa shape index (κ2) is 5.36. The van der Waals surface area contributed by atoms with Gasteiger partial charge in [-0.15, -0.1) is 0 Å². The van der Waals surface area contributed by atoms with Gasteiger partial charge in [-0.3, -0.25) is 4.68 Å². The molecule has 0 amide bonds. The maximum absolute atomic E-state index is 10.3. The predicted octanol–water partition coefficient (Wildman–Crippen LogP) is 2.57. The summed E-state index contributed by atoms with van der Waals surface area (Å²) in [5.74, 6) is 0. The summed E-state index contributed by atoms with van der Waals surface area (Å²) in [7, 11) is 1.88. The minimum absolute atomic E-state index is 0.496. The van der Waals surface area contributed by atoms with Crippen LogP contribution in [-0.2, 0) is 19.9 Å². The van der Waals surface area contributed by atoms with Crippen LogP contribution in [0, 0.1) is 6.92 Å². The lowest BCUT2D eigenvalue weighted by Crippen LogP contribution is -2.08. The summed E-state index contributed by atoms with van der Waals surface area (Å²) in [5, 5.41) is 14.7. The lowest BCUT2D eigenvalue weighted by Gasteiger charge is -2.12. The van der Waals surface area contributed by atoms with Gasteiger partial charge in [-0.1, -0.05) is 31.2 Å². The Morgan fingerprint density at radius 1 is 1.33 bits per heavy atom. The third kappa shape index (κ3) is 2.62. The molecule has 1 aromatic heterocycles. The summed E-state index contributed by atoms with van der Waals surface area (Å²) in [6, 6.07) is 10.2. The van der Waals surface area contributed by atoms with Gasteiger partial charge in [0.2, 0.25) is 0 Å². The van der Waals surface area contributed by atoms with E-state index >= 15 is 0 Å². The molecular formula is C15H20N2O. The zero-order chi connectivity index (χ0) is 13.1. The van der Waals surface area contributed by atoms with E-state index in [1.165, 1.54) is 11.1 Å². The van der Waals surface area contributed by atoms with Crippen LogP contribution in [0.25, 0.3) is 0 Å². The van der Waals surface area contributed by atoms with Crippen molar-refractivity contribution >= 4 is 0 Å². The number of rotatable bonds is 4. The second-order valence-electron chi connectivity index (χ2n) is 4.68. The molecule has 3 heteroatoms. The Bertz CT molecular complexity index is 531. The summed E-state index contributed by atoms with van der Waals surface area (Å²) in [5.41, 5.74) is 4.31. The highest BCUT2D eigenvalue weighted by atomic mass is 16.3. The number of aromatic nitrogens is 2.